The van der Waals surface area contributed by atoms with E-state index in [9.17, 15) is 4.21 Å². The molecule has 0 fully saturated rings. The normalized spacial score (nSPS) is 12.3. The summed E-state index contributed by atoms with van der Waals surface area (Å²) in [7, 11) is 0. The fraction of sp³-hybridized carbons (Fsp3) is 0.0667. The fourth-order valence-corrected chi connectivity index (χ4v) is 2.64. The second kappa shape index (κ2) is 5.70. The van der Waals surface area contributed by atoms with Crippen molar-refractivity contribution in [3.63, 3.8) is 0 Å². The summed E-state index contributed by atoms with van der Waals surface area (Å²) < 4.78 is 22.1. The van der Waals surface area contributed by atoms with Crippen LogP contribution in [0.25, 0.3) is 21.9 Å². The molecule has 2 aromatic heterocycles. The van der Waals surface area contributed by atoms with Gasteiger partial charge in [-0.2, -0.15) is 0 Å². The fourth-order valence-electron chi connectivity index (χ4n) is 2.35. The minimum atomic E-state index is -2.16. The SMILES string of the molecule is Cc1ccncc1-c1cc(N)c2cnc(NS(=O)O)cc2c1. The highest BCUT2D eigenvalue weighted by Gasteiger charge is 2.08. The van der Waals surface area contributed by atoms with Crippen LogP contribution in [0.15, 0.2) is 42.9 Å². The third-order valence-electron chi connectivity index (χ3n) is 3.41. The van der Waals surface area contributed by atoms with Crippen molar-refractivity contribution >= 4 is 33.5 Å². The third-order valence-corrected chi connectivity index (χ3v) is 3.79. The lowest BCUT2D eigenvalue weighted by atomic mass is 9.99. The van der Waals surface area contributed by atoms with Crippen LogP contribution in [0.2, 0.25) is 0 Å². The molecule has 112 valence electrons. The zero-order chi connectivity index (χ0) is 15.7. The molecule has 1 aromatic carbocycles. The molecule has 1 unspecified atom stereocenters. The minimum Gasteiger partial charge on any atom is -0.398 e. The molecule has 7 heteroatoms. The molecule has 0 spiro atoms. The number of anilines is 2. The molecule has 0 aliphatic heterocycles. The number of nitrogens with two attached hydrogens (primary N) is 1. The van der Waals surface area contributed by atoms with Gasteiger partial charge in [-0.05, 0) is 47.7 Å². The van der Waals surface area contributed by atoms with Gasteiger partial charge in [-0.25, -0.2) is 9.19 Å². The van der Waals surface area contributed by atoms with E-state index in [1.807, 2.05) is 25.1 Å². The van der Waals surface area contributed by atoms with Crippen LogP contribution < -0.4 is 10.5 Å². The highest BCUT2D eigenvalue weighted by atomic mass is 32.2. The highest BCUT2D eigenvalue weighted by Crippen LogP contribution is 2.31. The van der Waals surface area contributed by atoms with Gasteiger partial charge in [-0.15, -0.1) is 0 Å². The highest BCUT2D eigenvalue weighted by molar-refractivity contribution is 7.80. The zero-order valence-corrected chi connectivity index (χ0v) is 12.6. The van der Waals surface area contributed by atoms with E-state index < -0.39 is 11.3 Å². The van der Waals surface area contributed by atoms with Gasteiger partial charge in [0.05, 0.1) is 0 Å². The average Bonchev–Trinajstić information content (AvgIpc) is 2.46. The van der Waals surface area contributed by atoms with E-state index >= 15 is 0 Å². The van der Waals surface area contributed by atoms with Crippen LogP contribution >= 0.6 is 0 Å². The largest absolute Gasteiger partial charge is 0.398 e. The molecule has 0 radical (unpaired) electrons. The predicted molar refractivity (Wildman–Crippen MR) is 88.5 cm³/mol. The molecule has 0 saturated carbocycles. The summed E-state index contributed by atoms with van der Waals surface area (Å²) >= 11 is -2.16. The summed E-state index contributed by atoms with van der Waals surface area (Å²) in [6.45, 7) is 2.01. The van der Waals surface area contributed by atoms with Gasteiger partial charge in [0.25, 0.3) is 11.3 Å². The molecule has 1 atom stereocenters. The molecular weight excluding hydrogens is 300 g/mol. The maximum absolute atomic E-state index is 10.8. The van der Waals surface area contributed by atoms with Crippen LogP contribution in [-0.2, 0) is 11.3 Å². The van der Waals surface area contributed by atoms with E-state index in [4.69, 9.17) is 10.3 Å². The lowest BCUT2D eigenvalue weighted by molar-refractivity contribution is 0.570. The summed E-state index contributed by atoms with van der Waals surface area (Å²) in [5.41, 5.74) is 9.73. The molecule has 3 rings (SSSR count). The molecule has 4 N–H and O–H groups in total. The van der Waals surface area contributed by atoms with Gasteiger partial charge in [0.2, 0.25) is 0 Å². The number of aromatic nitrogens is 2. The van der Waals surface area contributed by atoms with Gasteiger partial charge in [0, 0.05) is 35.2 Å². The molecule has 0 aliphatic rings. The van der Waals surface area contributed by atoms with E-state index in [2.05, 4.69) is 14.7 Å². The second-order valence-electron chi connectivity index (χ2n) is 4.90. The Morgan fingerprint density at radius 3 is 2.82 bits per heavy atom. The standard InChI is InChI=1S/C15H14N4O2S/c1-9-2-3-17-7-12(9)10-4-11-6-15(19-22(20)21)18-8-13(11)14(16)5-10/h2-8H,16H2,1H3,(H,18,19)(H,20,21). The minimum absolute atomic E-state index is 0.313. The summed E-state index contributed by atoms with van der Waals surface area (Å²) in [5, 5.41) is 1.63. The van der Waals surface area contributed by atoms with Crippen molar-refractivity contribution in [2.45, 2.75) is 6.92 Å². The summed E-state index contributed by atoms with van der Waals surface area (Å²) in [5.74, 6) is 0.313. The molecule has 0 bridgehead atoms. The van der Waals surface area contributed by atoms with Crippen LogP contribution in [-0.4, -0.2) is 18.7 Å². The van der Waals surface area contributed by atoms with E-state index in [1.165, 1.54) is 0 Å². The monoisotopic (exact) mass is 314 g/mol. The van der Waals surface area contributed by atoms with Crippen molar-refractivity contribution in [2.75, 3.05) is 10.5 Å². The van der Waals surface area contributed by atoms with Crippen molar-refractivity contribution in [3.8, 4) is 11.1 Å². The third kappa shape index (κ3) is 2.76. The van der Waals surface area contributed by atoms with Crippen molar-refractivity contribution < 1.29 is 8.76 Å². The van der Waals surface area contributed by atoms with Crippen LogP contribution in [0, 0.1) is 6.92 Å². The molecule has 3 aromatic rings. The van der Waals surface area contributed by atoms with Crippen LogP contribution in [0.1, 0.15) is 5.56 Å². The van der Waals surface area contributed by atoms with Crippen LogP contribution in [0.5, 0.6) is 0 Å². The molecule has 0 aliphatic carbocycles. The maximum atomic E-state index is 10.8. The topological polar surface area (TPSA) is 101 Å². The van der Waals surface area contributed by atoms with Crippen molar-refractivity contribution in [2.24, 2.45) is 0 Å². The van der Waals surface area contributed by atoms with E-state index in [0.29, 0.717) is 11.5 Å². The number of nitrogens with one attached hydrogen (secondary N) is 1. The Balaban J connectivity index is 2.17. The Labute approximate surface area is 129 Å². The Bertz CT molecular complexity index is 883. The van der Waals surface area contributed by atoms with Crippen molar-refractivity contribution in [1.29, 1.82) is 0 Å². The number of aryl methyl sites for hydroxylation is 1. The lowest BCUT2D eigenvalue weighted by Gasteiger charge is -2.10. The number of hydrogen-bond donors (Lipinski definition) is 3. The van der Waals surface area contributed by atoms with E-state index in [1.54, 1.807) is 24.7 Å². The first-order valence-corrected chi connectivity index (χ1v) is 7.63. The maximum Gasteiger partial charge on any atom is 0.260 e. The molecule has 0 amide bonds. The van der Waals surface area contributed by atoms with Gasteiger partial charge in [0.1, 0.15) is 5.82 Å². The smallest absolute Gasteiger partial charge is 0.260 e. The van der Waals surface area contributed by atoms with Crippen molar-refractivity contribution in [3.05, 3.63) is 48.4 Å². The zero-order valence-electron chi connectivity index (χ0n) is 11.8. The number of nitrogen functional groups attached to an aromatic ring is 1. The van der Waals surface area contributed by atoms with Crippen LogP contribution in [0.4, 0.5) is 11.5 Å². The quantitative estimate of drug-likeness (QED) is 0.510. The Morgan fingerprint density at radius 1 is 1.27 bits per heavy atom. The second-order valence-corrected chi connectivity index (χ2v) is 5.60. The van der Waals surface area contributed by atoms with E-state index in [0.717, 1.165) is 27.5 Å². The van der Waals surface area contributed by atoms with Gasteiger partial charge in [-0.1, -0.05) is 0 Å². The Kier molecular flexibility index (Phi) is 3.74. The first-order valence-electron chi connectivity index (χ1n) is 6.52. The van der Waals surface area contributed by atoms with Gasteiger partial charge in [0.15, 0.2) is 0 Å². The van der Waals surface area contributed by atoms with Gasteiger partial charge < -0.3 is 5.73 Å². The number of hydrogen-bond acceptors (Lipinski definition) is 4. The van der Waals surface area contributed by atoms with Gasteiger partial charge in [-0.3, -0.25) is 14.3 Å². The van der Waals surface area contributed by atoms with Crippen molar-refractivity contribution in [1.82, 2.24) is 9.97 Å². The lowest BCUT2D eigenvalue weighted by Crippen LogP contribution is -2.03. The summed E-state index contributed by atoms with van der Waals surface area (Å²) in [6, 6.07) is 7.47. The first kappa shape index (κ1) is 14.4. The molecule has 6 nitrogen and oxygen atoms in total. The number of fused-ring (bicyclic) bond motifs is 1. The average molecular weight is 314 g/mol. The number of pyridine rings is 2. The Morgan fingerprint density at radius 2 is 2.09 bits per heavy atom. The Hall–Kier alpha value is -2.51. The first-order chi connectivity index (χ1) is 10.5. The molecule has 2 heterocycles. The molecule has 0 saturated heterocycles. The summed E-state index contributed by atoms with van der Waals surface area (Å²) in [4.78, 5) is 8.22. The predicted octanol–water partition coefficient (Wildman–Crippen LogP) is 2.74. The number of rotatable bonds is 3. The number of benzene rings is 1. The molecule has 22 heavy (non-hydrogen) atoms. The van der Waals surface area contributed by atoms with Gasteiger partial charge >= 0.3 is 0 Å². The molecular formula is C15H14N4O2S. The number of nitrogens with zero attached hydrogens (tertiary/aromatic N) is 2. The van der Waals surface area contributed by atoms with E-state index in [-0.39, 0.29) is 0 Å². The van der Waals surface area contributed by atoms with Crippen LogP contribution in [0.3, 0.4) is 0 Å². The summed E-state index contributed by atoms with van der Waals surface area (Å²) in [6.07, 6.45) is 5.12.